The average molecular weight is 364 g/mol. The van der Waals surface area contributed by atoms with Gasteiger partial charge in [0.05, 0.1) is 9.64 Å². The zero-order valence-corrected chi connectivity index (χ0v) is 16.4. The quantitative estimate of drug-likeness (QED) is 0.673. The van der Waals surface area contributed by atoms with Crippen LogP contribution in [0.3, 0.4) is 0 Å². The molecule has 140 valence electrons. The Hall–Kier alpha value is -0.870. The van der Waals surface area contributed by atoms with E-state index in [0.29, 0.717) is 4.90 Å². The molecular formula is C21H33NO2S. The van der Waals surface area contributed by atoms with Crippen molar-refractivity contribution in [3.63, 3.8) is 0 Å². The minimum Gasteiger partial charge on any atom is -0.303 e. The highest BCUT2D eigenvalue weighted by molar-refractivity contribution is 7.93. The van der Waals surface area contributed by atoms with Gasteiger partial charge in [0.2, 0.25) is 0 Å². The Balaban J connectivity index is 1.53. The van der Waals surface area contributed by atoms with Gasteiger partial charge in [0, 0.05) is 0 Å². The van der Waals surface area contributed by atoms with E-state index in [-0.39, 0.29) is 0 Å². The van der Waals surface area contributed by atoms with Crippen molar-refractivity contribution in [2.45, 2.75) is 74.4 Å². The van der Waals surface area contributed by atoms with Crippen molar-refractivity contribution in [1.82, 2.24) is 4.90 Å². The van der Waals surface area contributed by atoms with Gasteiger partial charge in [0.25, 0.3) is 0 Å². The Morgan fingerprint density at radius 3 is 2.36 bits per heavy atom. The molecule has 1 heterocycles. The van der Waals surface area contributed by atoms with Crippen LogP contribution in [-0.2, 0) is 9.84 Å². The molecule has 3 nitrogen and oxygen atoms in total. The van der Waals surface area contributed by atoms with Crippen LogP contribution in [0.15, 0.2) is 35.2 Å². The van der Waals surface area contributed by atoms with Crippen LogP contribution in [0.25, 0.3) is 0 Å². The second-order valence-corrected chi connectivity index (χ2v) is 10.4. The maximum atomic E-state index is 13.1. The molecule has 0 N–H and O–H groups in total. The lowest BCUT2D eigenvalue weighted by Gasteiger charge is -2.42. The van der Waals surface area contributed by atoms with Gasteiger partial charge in [-0.2, -0.15) is 0 Å². The van der Waals surface area contributed by atoms with Crippen LogP contribution >= 0.6 is 0 Å². The molecule has 1 saturated heterocycles. The lowest BCUT2D eigenvalue weighted by atomic mass is 9.80. The van der Waals surface area contributed by atoms with Crippen LogP contribution in [-0.4, -0.2) is 37.7 Å². The maximum Gasteiger partial charge on any atom is 0.184 e. The van der Waals surface area contributed by atoms with Crippen molar-refractivity contribution < 1.29 is 8.42 Å². The fraction of sp³-hybridized carbons (Fsp3) is 0.714. The summed E-state index contributed by atoms with van der Waals surface area (Å²) in [6.07, 6.45) is 9.85. The highest BCUT2D eigenvalue weighted by atomic mass is 32.2. The number of benzene rings is 1. The predicted octanol–water partition coefficient (Wildman–Crippen LogP) is 4.68. The largest absolute Gasteiger partial charge is 0.303 e. The lowest BCUT2D eigenvalue weighted by molar-refractivity contribution is 0.170. The molecule has 0 atom stereocenters. The van der Waals surface area contributed by atoms with Crippen LogP contribution in [0.1, 0.15) is 64.7 Å². The van der Waals surface area contributed by atoms with E-state index in [1.165, 1.54) is 38.8 Å². The molecule has 1 aromatic carbocycles. The van der Waals surface area contributed by atoms with E-state index < -0.39 is 14.6 Å². The molecule has 1 aliphatic carbocycles. The smallest absolute Gasteiger partial charge is 0.184 e. The van der Waals surface area contributed by atoms with E-state index in [0.717, 1.165) is 44.6 Å². The second kappa shape index (κ2) is 8.22. The molecule has 1 saturated carbocycles. The third-order valence-electron chi connectivity index (χ3n) is 6.40. The van der Waals surface area contributed by atoms with Gasteiger partial charge in [-0.15, -0.1) is 0 Å². The normalized spacial score (nSPS) is 21.8. The van der Waals surface area contributed by atoms with Gasteiger partial charge in [-0.05, 0) is 76.2 Å². The topological polar surface area (TPSA) is 37.4 Å². The molecular weight excluding hydrogens is 330 g/mol. The highest BCUT2D eigenvalue weighted by Crippen LogP contribution is 2.46. The van der Waals surface area contributed by atoms with Gasteiger partial charge >= 0.3 is 0 Å². The van der Waals surface area contributed by atoms with Crippen LogP contribution in [0.4, 0.5) is 0 Å². The predicted molar refractivity (Wildman–Crippen MR) is 104 cm³/mol. The molecule has 0 radical (unpaired) electrons. The van der Waals surface area contributed by atoms with Crippen molar-refractivity contribution >= 4 is 9.84 Å². The summed E-state index contributed by atoms with van der Waals surface area (Å²) in [5.74, 6) is 0.915. The van der Waals surface area contributed by atoms with E-state index in [9.17, 15) is 8.42 Å². The molecule has 0 amide bonds. The lowest BCUT2D eigenvalue weighted by Crippen LogP contribution is -2.46. The summed E-state index contributed by atoms with van der Waals surface area (Å²) >= 11 is 0. The van der Waals surface area contributed by atoms with Gasteiger partial charge in [-0.25, -0.2) is 8.42 Å². The van der Waals surface area contributed by atoms with Crippen molar-refractivity contribution in [2.75, 3.05) is 19.6 Å². The van der Waals surface area contributed by atoms with Crippen molar-refractivity contribution in [3.8, 4) is 0 Å². The molecule has 2 aliphatic rings. The summed E-state index contributed by atoms with van der Waals surface area (Å²) in [4.78, 5) is 3.06. The average Bonchev–Trinajstić information content (AvgIpc) is 2.59. The fourth-order valence-corrected chi connectivity index (χ4v) is 6.86. The third-order valence-corrected chi connectivity index (χ3v) is 9.04. The summed E-state index contributed by atoms with van der Waals surface area (Å²) in [7, 11) is -3.20. The standard InChI is InChI=1S/C21H33NO2S/c1-2-8-19-11-17-22(18-12-19)16-7-15-21(13-6-14-21)25(23,24)20-9-4-3-5-10-20/h3-5,9-10,19H,2,6-8,11-18H2,1H3. The van der Waals surface area contributed by atoms with Gasteiger partial charge in [0.15, 0.2) is 9.84 Å². The van der Waals surface area contributed by atoms with Gasteiger partial charge < -0.3 is 4.90 Å². The van der Waals surface area contributed by atoms with E-state index in [1.807, 2.05) is 18.2 Å². The van der Waals surface area contributed by atoms with Crippen molar-refractivity contribution in [3.05, 3.63) is 30.3 Å². The molecule has 0 aromatic heterocycles. The number of sulfone groups is 1. The van der Waals surface area contributed by atoms with Crippen molar-refractivity contribution in [2.24, 2.45) is 5.92 Å². The Kier molecular flexibility index (Phi) is 6.21. The second-order valence-electron chi connectivity index (χ2n) is 8.03. The number of likely N-dealkylation sites (tertiary alicyclic amines) is 1. The monoisotopic (exact) mass is 363 g/mol. The van der Waals surface area contributed by atoms with Crippen molar-refractivity contribution in [1.29, 1.82) is 0 Å². The van der Waals surface area contributed by atoms with E-state index >= 15 is 0 Å². The van der Waals surface area contributed by atoms with E-state index in [1.54, 1.807) is 12.1 Å². The Labute approximate surface area is 153 Å². The number of hydrogen-bond donors (Lipinski definition) is 0. The minimum absolute atomic E-state index is 0.491. The summed E-state index contributed by atoms with van der Waals surface area (Å²) in [6, 6.07) is 9.07. The Morgan fingerprint density at radius 2 is 1.80 bits per heavy atom. The maximum absolute atomic E-state index is 13.1. The molecule has 25 heavy (non-hydrogen) atoms. The zero-order chi connectivity index (χ0) is 17.8. The minimum atomic E-state index is -3.20. The van der Waals surface area contributed by atoms with Crippen LogP contribution in [0.5, 0.6) is 0 Å². The molecule has 1 aromatic rings. The van der Waals surface area contributed by atoms with E-state index in [2.05, 4.69) is 11.8 Å². The van der Waals surface area contributed by atoms with Crippen LogP contribution in [0.2, 0.25) is 0 Å². The Bertz CT molecular complexity index is 629. The molecule has 1 aliphatic heterocycles. The third kappa shape index (κ3) is 4.11. The van der Waals surface area contributed by atoms with E-state index in [4.69, 9.17) is 0 Å². The molecule has 0 bridgehead atoms. The zero-order valence-electron chi connectivity index (χ0n) is 15.6. The fourth-order valence-electron chi connectivity index (χ4n) is 4.61. The first-order valence-electron chi connectivity index (χ1n) is 10.1. The summed E-state index contributed by atoms with van der Waals surface area (Å²) < 4.78 is 25.7. The summed E-state index contributed by atoms with van der Waals surface area (Å²) in [5.41, 5.74) is 0. The number of nitrogens with zero attached hydrogens (tertiary/aromatic N) is 1. The highest BCUT2D eigenvalue weighted by Gasteiger charge is 2.48. The molecule has 0 spiro atoms. The SMILES string of the molecule is CCCC1CCN(CCCC2(S(=O)(=O)c3ccccc3)CCC2)CC1. The van der Waals surface area contributed by atoms with Gasteiger partial charge in [-0.3, -0.25) is 0 Å². The molecule has 0 unspecified atom stereocenters. The molecule has 3 rings (SSSR count). The summed E-state index contributed by atoms with van der Waals surface area (Å²) in [5, 5.41) is 0. The first-order valence-corrected chi connectivity index (χ1v) is 11.6. The summed E-state index contributed by atoms with van der Waals surface area (Å²) in [6.45, 7) is 5.73. The van der Waals surface area contributed by atoms with Gasteiger partial charge in [0.1, 0.15) is 0 Å². The number of piperidine rings is 1. The first kappa shape index (κ1) is 18.9. The van der Waals surface area contributed by atoms with Crippen LogP contribution < -0.4 is 0 Å². The number of hydrogen-bond acceptors (Lipinski definition) is 3. The first-order chi connectivity index (χ1) is 12.1. The molecule has 2 fully saturated rings. The van der Waals surface area contributed by atoms with Crippen LogP contribution in [0, 0.1) is 5.92 Å². The van der Waals surface area contributed by atoms with Gasteiger partial charge in [-0.1, -0.05) is 44.4 Å². The Morgan fingerprint density at radius 1 is 1.12 bits per heavy atom. The molecule has 4 heteroatoms. The number of rotatable bonds is 8.